The summed E-state index contributed by atoms with van der Waals surface area (Å²) in [5, 5.41) is 3.29. The standard InChI is InChI=1S/C24H29N3O2/c1-24(23(29)26-20-11-4-2-3-5-12-20)15-19-10-6-7-13-21(19)22(28)27(24)17-18-9-8-14-25-16-18/h6-10,13-14,16,20H,2-5,11-12,15,17H2,1H3,(H,26,29)/t24-/m0/s1. The molecule has 1 saturated carbocycles. The first kappa shape index (κ1) is 19.6. The molecule has 0 unspecified atom stereocenters. The van der Waals surface area contributed by atoms with Gasteiger partial charge in [0.2, 0.25) is 5.91 Å². The van der Waals surface area contributed by atoms with Gasteiger partial charge in [0.1, 0.15) is 5.54 Å². The molecule has 5 heteroatoms. The molecule has 0 saturated heterocycles. The van der Waals surface area contributed by atoms with E-state index < -0.39 is 5.54 Å². The van der Waals surface area contributed by atoms with E-state index in [1.54, 1.807) is 17.3 Å². The van der Waals surface area contributed by atoms with Crippen molar-refractivity contribution in [3.05, 3.63) is 65.5 Å². The SMILES string of the molecule is C[C@@]1(C(=O)NC2CCCCCC2)Cc2ccccc2C(=O)N1Cc1cccnc1. The summed E-state index contributed by atoms with van der Waals surface area (Å²) in [5.74, 6) is -0.134. The van der Waals surface area contributed by atoms with Crippen molar-refractivity contribution in [1.29, 1.82) is 0 Å². The maximum absolute atomic E-state index is 13.5. The number of nitrogens with one attached hydrogen (secondary N) is 1. The lowest BCUT2D eigenvalue weighted by Gasteiger charge is -2.44. The highest BCUT2D eigenvalue weighted by atomic mass is 16.2. The summed E-state index contributed by atoms with van der Waals surface area (Å²) >= 11 is 0. The van der Waals surface area contributed by atoms with Gasteiger partial charge in [-0.3, -0.25) is 14.6 Å². The highest BCUT2D eigenvalue weighted by Gasteiger charge is 2.47. The van der Waals surface area contributed by atoms with Crippen LogP contribution >= 0.6 is 0 Å². The molecule has 152 valence electrons. The van der Waals surface area contributed by atoms with E-state index in [4.69, 9.17) is 0 Å². The number of rotatable bonds is 4. The van der Waals surface area contributed by atoms with Crippen molar-refractivity contribution in [1.82, 2.24) is 15.2 Å². The van der Waals surface area contributed by atoms with Gasteiger partial charge in [0, 0.05) is 37.0 Å². The van der Waals surface area contributed by atoms with Crippen LogP contribution in [0.5, 0.6) is 0 Å². The molecule has 2 heterocycles. The Morgan fingerprint density at radius 2 is 1.90 bits per heavy atom. The summed E-state index contributed by atoms with van der Waals surface area (Å²) in [6.45, 7) is 2.28. The fourth-order valence-corrected chi connectivity index (χ4v) is 4.61. The summed E-state index contributed by atoms with van der Waals surface area (Å²) in [4.78, 5) is 32.9. The summed E-state index contributed by atoms with van der Waals surface area (Å²) in [7, 11) is 0. The average Bonchev–Trinajstić information content (AvgIpc) is 3.00. The first-order valence-corrected chi connectivity index (χ1v) is 10.7. The minimum atomic E-state index is -0.923. The highest BCUT2D eigenvalue weighted by Crippen LogP contribution is 2.33. The van der Waals surface area contributed by atoms with Gasteiger partial charge in [0.05, 0.1) is 0 Å². The second kappa shape index (κ2) is 8.36. The van der Waals surface area contributed by atoms with Gasteiger partial charge in [-0.2, -0.15) is 0 Å². The fourth-order valence-electron chi connectivity index (χ4n) is 4.61. The number of hydrogen-bond donors (Lipinski definition) is 1. The first-order valence-electron chi connectivity index (χ1n) is 10.7. The molecule has 5 nitrogen and oxygen atoms in total. The molecule has 2 amide bonds. The van der Waals surface area contributed by atoms with Crippen molar-refractivity contribution in [3.63, 3.8) is 0 Å². The van der Waals surface area contributed by atoms with E-state index in [2.05, 4.69) is 10.3 Å². The van der Waals surface area contributed by atoms with Crippen molar-refractivity contribution < 1.29 is 9.59 Å². The lowest BCUT2D eigenvalue weighted by Crippen LogP contribution is -2.63. The number of carbonyl (C=O) groups excluding carboxylic acids is 2. The Morgan fingerprint density at radius 3 is 2.62 bits per heavy atom. The molecule has 2 aliphatic rings. The Balaban J connectivity index is 1.65. The smallest absolute Gasteiger partial charge is 0.255 e. The van der Waals surface area contributed by atoms with Crippen LogP contribution in [0.2, 0.25) is 0 Å². The van der Waals surface area contributed by atoms with Crippen molar-refractivity contribution in [3.8, 4) is 0 Å². The molecule has 2 aromatic rings. The number of benzene rings is 1. The van der Waals surface area contributed by atoms with Crippen LogP contribution in [-0.2, 0) is 17.8 Å². The highest BCUT2D eigenvalue weighted by molar-refractivity contribution is 6.02. The Morgan fingerprint density at radius 1 is 1.14 bits per heavy atom. The van der Waals surface area contributed by atoms with Crippen LogP contribution in [0.1, 0.15) is 66.9 Å². The zero-order valence-electron chi connectivity index (χ0n) is 17.1. The largest absolute Gasteiger partial charge is 0.351 e. The zero-order valence-corrected chi connectivity index (χ0v) is 17.1. The van der Waals surface area contributed by atoms with E-state index in [0.29, 0.717) is 18.5 Å². The molecule has 1 aromatic carbocycles. The zero-order chi connectivity index (χ0) is 20.3. The van der Waals surface area contributed by atoms with Crippen LogP contribution < -0.4 is 5.32 Å². The van der Waals surface area contributed by atoms with Crippen molar-refractivity contribution in [2.45, 2.75) is 70.0 Å². The molecule has 1 N–H and O–H groups in total. The van der Waals surface area contributed by atoms with Gasteiger partial charge in [0.15, 0.2) is 0 Å². The monoisotopic (exact) mass is 391 g/mol. The number of fused-ring (bicyclic) bond motifs is 1. The first-order chi connectivity index (χ1) is 14.1. The molecular weight excluding hydrogens is 362 g/mol. The third-order valence-corrected chi connectivity index (χ3v) is 6.37. The molecule has 4 rings (SSSR count). The Labute approximate surface area is 172 Å². The van der Waals surface area contributed by atoms with Crippen LogP contribution in [0.3, 0.4) is 0 Å². The minimum absolute atomic E-state index is 0.0452. The predicted molar refractivity (Wildman–Crippen MR) is 112 cm³/mol. The number of nitrogens with zero attached hydrogens (tertiary/aromatic N) is 2. The van der Waals surface area contributed by atoms with Crippen molar-refractivity contribution >= 4 is 11.8 Å². The second-order valence-corrected chi connectivity index (χ2v) is 8.52. The molecule has 1 aromatic heterocycles. The summed E-state index contributed by atoms with van der Waals surface area (Å²) < 4.78 is 0. The van der Waals surface area contributed by atoms with E-state index in [1.165, 1.54) is 12.8 Å². The topological polar surface area (TPSA) is 62.3 Å². The molecule has 1 aliphatic heterocycles. The van der Waals surface area contributed by atoms with Crippen LogP contribution in [0.25, 0.3) is 0 Å². The van der Waals surface area contributed by atoms with E-state index in [9.17, 15) is 9.59 Å². The van der Waals surface area contributed by atoms with Crippen molar-refractivity contribution in [2.75, 3.05) is 0 Å². The van der Waals surface area contributed by atoms with Gasteiger partial charge in [-0.25, -0.2) is 0 Å². The number of carbonyl (C=O) groups is 2. The predicted octanol–water partition coefficient (Wildman–Crippen LogP) is 3.88. The van der Waals surface area contributed by atoms with Gasteiger partial charge >= 0.3 is 0 Å². The Hall–Kier alpha value is -2.69. The quantitative estimate of drug-likeness (QED) is 0.805. The molecule has 1 aliphatic carbocycles. The Bertz CT molecular complexity index is 875. The van der Waals surface area contributed by atoms with E-state index in [-0.39, 0.29) is 17.9 Å². The summed E-state index contributed by atoms with van der Waals surface area (Å²) in [5.41, 5.74) is 1.64. The average molecular weight is 392 g/mol. The molecular formula is C24H29N3O2. The Kier molecular flexibility index (Phi) is 5.65. The summed E-state index contributed by atoms with van der Waals surface area (Å²) in [6, 6.07) is 11.7. The number of hydrogen-bond acceptors (Lipinski definition) is 3. The van der Waals surface area contributed by atoms with Gasteiger partial charge in [-0.05, 0) is 43.0 Å². The molecule has 0 radical (unpaired) electrons. The molecule has 1 atom stereocenters. The maximum atomic E-state index is 13.5. The molecule has 0 spiro atoms. The van der Waals surface area contributed by atoms with Gasteiger partial charge < -0.3 is 10.2 Å². The fraction of sp³-hybridized carbons (Fsp3) is 0.458. The van der Waals surface area contributed by atoms with Gasteiger partial charge in [0.25, 0.3) is 5.91 Å². The molecule has 29 heavy (non-hydrogen) atoms. The third-order valence-electron chi connectivity index (χ3n) is 6.37. The van der Waals surface area contributed by atoms with Crippen LogP contribution in [0.4, 0.5) is 0 Å². The lowest BCUT2D eigenvalue weighted by molar-refractivity contribution is -0.132. The third kappa shape index (κ3) is 4.04. The lowest BCUT2D eigenvalue weighted by atomic mass is 9.82. The van der Waals surface area contributed by atoms with Crippen LogP contribution in [0.15, 0.2) is 48.8 Å². The second-order valence-electron chi connectivity index (χ2n) is 8.52. The molecule has 0 bridgehead atoms. The minimum Gasteiger partial charge on any atom is -0.351 e. The summed E-state index contributed by atoms with van der Waals surface area (Å²) in [6.07, 6.45) is 10.8. The van der Waals surface area contributed by atoms with Gasteiger partial charge in [-0.15, -0.1) is 0 Å². The number of amides is 2. The van der Waals surface area contributed by atoms with Crippen LogP contribution in [-0.4, -0.2) is 33.3 Å². The normalized spacial score (nSPS) is 22.7. The van der Waals surface area contributed by atoms with E-state index >= 15 is 0 Å². The molecule has 1 fully saturated rings. The number of pyridine rings is 1. The van der Waals surface area contributed by atoms with E-state index in [1.807, 2.05) is 43.3 Å². The maximum Gasteiger partial charge on any atom is 0.255 e. The van der Waals surface area contributed by atoms with Crippen molar-refractivity contribution in [2.24, 2.45) is 0 Å². The number of aromatic nitrogens is 1. The van der Waals surface area contributed by atoms with Crippen LogP contribution in [0, 0.1) is 0 Å². The van der Waals surface area contributed by atoms with E-state index in [0.717, 1.165) is 36.8 Å². The van der Waals surface area contributed by atoms with Gasteiger partial charge in [-0.1, -0.05) is 49.9 Å².